The number of carbonyl (C=O) groups is 2. The highest BCUT2D eigenvalue weighted by molar-refractivity contribution is 6.30. The fourth-order valence-electron chi connectivity index (χ4n) is 3.01. The number of ketones is 1. The molecule has 2 rings (SSSR count). The first-order valence-corrected chi connectivity index (χ1v) is 9.47. The number of anilines is 1. The Kier molecular flexibility index (Phi) is 7.40. The molecule has 1 unspecified atom stereocenters. The van der Waals surface area contributed by atoms with Gasteiger partial charge in [-0.05, 0) is 44.5 Å². The van der Waals surface area contributed by atoms with Gasteiger partial charge < -0.3 is 14.2 Å². The van der Waals surface area contributed by atoms with E-state index in [9.17, 15) is 14.4 Å². The molecule has 0 aliphatic carbocycles. The first-order chi connectivity index (χ1) is 13.2. The molecule has 2 aromatic rings. The van der Waals surface area contributed by atoms with Crippen molar-refractivity contribution < 1.29 is 14.3 Å². The van der Waals surface area contributed by atoms with Crippen LogP contribution in [-0.2, 0) is 21.4 Å². The van der Waals surface area contributed by atoms with Crippen LogP contribution in [0.3, 0.4) is 0 Å². The molecule has 0 spiro atoms. The second-order valence-electron chi connectivity index (χ2n) is 6.65. The fraction of sp³-hybridized carbons (Fsp3) is 0.381. The third kappa shape index (κ3) is 5.23. The van der Waals surface area contributed by atoms with Gasteiger partial charge in [-0.2, -0.15) is 0 Å². The van der Waals surface area contributed by atoms with E-state index in [1.807, 2.05) is 0 Å². The van der Waals surface area contributed by atoms with E-state index in [0.29, 0.717) is 28.4 Å². The van der Waals surface area contributed by atoms with E-state index in [-0.39, 0.29) is 24.4 Å². The van der Waals surface area contributed by atoms with Crippen LogP contribution in [0.5, 0.6) is 0 Å². The zero-order valence-corrected chi connectivity index (χ0v) is 17.3. The van der Waals surface area contributed by atoms with Crippen LogP contribution < -0.4 is 10.5 Å². The van der Waals surface area contributed by atoms with E-state index in [0.717, 1.165) is 0 Å². The summed E-state index contributed by atoms with van der Waals surface area (Å²) in [6.07, 6.45) is 1.92. The van der Waals surface area contributed by atoms with Gasteiger partial charge in [-0.25, -0.2) is 4.79 Å². The first kappa shape index (κ1) is 21.7. The van der Waals surface area contributed by atoms with Crippen LogP contribution in [0, 0.1) is 6.92 Å². The Morgan fingerprint density at radius 3 is 2.43 bits per heavy atom. The zero-order valence-electron chi connectivity index (χ0n) is 16.6. The average molecular weight is 405 g/mol. The Bertz CT molecular complexity index is 879. The van der Waals surface area contributed by atoms with Crippen molar-refractivity contribution in [2.45, 2.75) is 33.2 Å². The molecular formula is C21H25ClN2O4. The minimum absolute atomic E-state index is 0.00487. The molecule has 6 nitrogen and oxygen atoms in total. The number of hydrogen-bond donors (Lipinski definition) is 0. The number of nitrogens with zero attached hydrogens (tertiary/aromatic N) is 2. The van der Waals surface area contributed by atoms with Crippen molar-refractivity contribution in [3.8, 4) is 0 Å². The van der Waals surface area contributed by atoms with Gasteiger partial charge in [0, 0.05) is 36.8 Å². The maximum absolute atomic E-state index is 12.9. The Morgan fingerprint density at radius 2 is 1.89 bits per heavy atom. The number of rotatable bonds is 8. The zero-order chi connectivity index (χ0) is 20.8. The molecule has 28 heavy (non-hydrogen) atoms. The van der Waals surface area contributed by atoms with Crippen LogP contribution in [0.25, 0.3) is 0 Å². The number of benzene rings is 1. The molecule has 1 aromatic carbocycles. The lowest BCUT2D eigenvalue weighted by molar-refractivity contribution is -0.145. The topological polar surface area (TPSA) is 68.6 Å². The summed E-state index contributed by atoms with van der Waals surface area (Å²) in [5, 5.41) is 0.555. The highest BCUT2D eigenvalue weighted by Gasteiger charge is 2.30. The van der Waals surface area contributed by atoms with E-state index in [4.69, 9.17) is 16.3 Å². The van der Waals surface area contributed by atoms with Gasteiger partial charge in [0.2, 0.25) is 0 Å². The highest BCUT2D eigenvalue weighted by Crippen LogP contribution is 2.29. The Labute approximate surface area is 169 Å². The van der Waals surface area contributed by atoms with E-state index in [1.54, 1.807) is 62.3 Å². The van der Waals surface area contributed by atoms with Crippen LogP contribution in [0.15, 0.2) is 41.3 Å². The molecule has 0 aliphatic rings. The van der Waals surface area contributed by atoms with Gasteiger partial charge in [-0.15, -0.1) is 0 Å². The maximum Gasteiger partial charge on any atom is 0.333 e. The Hall–Kier alpha value is -2.60. The number of Topliss-reactive ketones (excluding diaryl/α,β-unsaturated/α-hetero) is 1. The molecule has 7 heteroatoms. The minimum Gasteiger partial charge on any atom is -0.464 e. The smallest absolute Gasteiger partial charge is 0.333 e. The lowest BCUT2D eigenvalue weighted by Gasteiger charge is -2.32. The molecule has 0 N–H and O–H groups in total. The normalized spacial score (nSPS) is 11.8. The summed E-state index contributed by atoms with van der Waals surface area (Å²) < 4.78 is 6.78. The summed E-state index contributed by atoms with van der Waals surface area (Å²) in [4.78, 5) is 38.4. The quantitative estimate of drug-likeness (QED) is 0.630. The van der Waals surface area contributed by atoms with Crippen LogP contribution in [0.4, 0.5) is 5.69 Å². The Balaban J connectivity index is 2.60. The summed E-state index contributed by atoms with van der Waals surface area (Å²) >= 11 is 6.00. The minimum atomic E-state index is -0.770. The van der Waals surface area contributed by atoms with E-state index in [2.05, 4.69) is 0 Å². The lowest BCUT2D eigenvalue weighted by atomic mass is 10.0. The van der Waals surface area contributed by atoms with Gasteiger partial charge in [-0.3, -0.25) is 9.59 Å². The van der Waals surface area contributed by atoms with Crippen molar-refractivity contribution in [1.82, 2.24) is 4.57 Å². The number of ether oxygens (including phenoxy) is 1. The first-order valence-electron chi connectivity index (χ1n) is 9.10. The van der Waals surface area contributed by atoms with Crippen molar-refractivity contribution in [1.29, 1.82) is 0 Å². The van der Waals surface area contributed by atoms with Gasteiger partial charge in [0.15, 0.2) is 6.04 Å². The summed E-state index contributed by atoms with van der Waals surface area (Å²) in [6, 6.07) is 7.90. The van der Waals surface area contributed by atoms with Crippen molar-refractivity contribution in [2.24, 2.45) is 7.05 Å². The molecule has 1 atom stereocenters. The third-order valence-electron chi connectivity index (χ3n) is 4.39. The number of aryl methyl sites for hydroxylation is 2. The molecule has 1 aromatic heterocycles. The van der Waals surface area contributed by atoms with Gasteiger partial charge in [0.05, 0.1) is 12.3 Å². The van der Waals surface area contributed by atoms with Crippen molar-refractivity contribution in [2.75, 3.05) is 18.1 Å². The van der Waals surface area contributed by atoms with E-state index in [1.165, 1.54) is 11.5 Å². The van der Waals surface area contributed by atoms with E-state index < -0.39 is 12.0 Å². The highest BCUT2D eigenvalue weighted by atomic mass is 35.5. The molecule has 0 saturated carbocycles. The summed E-state index contributed by atoms with van der Waals surface area (Å²) in [6.45, 7) is 5.50. The molecule has 0 fully saturated rings. The average Bonchev–Trinajstić information content (AvgIpc) is 2.63. The summed E-state index contributed by atoms with van der Waals surface area (Å²) in [5.74, 6) is -0.426. The summed E-state index contributed by atoms with van der Waals surface area (Å²) in [7, 11) is 1.66. The van der Waals surface area contributed by atoms with Crippen LogP contribution in [0.1, 0.15) is 37.4 Å². The van der Waals surface area contributed by atoms with Crippen molar-refractivity contribution in [3.63, 3.8) is 0 Å². The van der Waals surface area contributed by atoms with Crippen LogP contribution >= 0.6 is 11.6 Å². The summed E-state index contributed by atoms with van der Waals surface area (Å²) in [5.41, 5.74) is 1.78. The number of halogens is 1. The SMILES string of the molecule is CCOC(=O)C(c1ccc(Cl)cc1)N(CCC(C)=O)c1cc(C)c(=O)n(C)c1. The fourth-order valence-corrected chi connectivity index (χ4v) is 3.13. The standard InChI is InChI=1S/C21H25ClN2O4/c1-5-28-21(27)19(16-6-8-17(22)9-7-16)24(11-10-15(3)25)18-12-14(2)20(26)23(4)13-18/h6-9,12-13,19H,5,10-11H2,1-4H3. The molecular weight excluding hydrogens is 380 g/mol. The third-order valence-corrected chi connectivity index (χ3v) is 4.64. The van der Waals surface area contributed by atoms with Crippen molar-refractivity contribution in [3.05, 3.63) is 63.0 Å². The van der Waals surface area contributed by atoms with Gasteiger partial charge in [0.1, 0.15) is 5.78 Å². The predicted molar refractivity (Wildman–Crippen MR) is 110 cm³/mol. The van der Waals surface area contributed by atoms with Gasteiger partial charge in [0.25, 0.3) is 5.56 Å². The molecule has 0 saturated heterocycles. The monoisotopic (exact) mass is 404 g/mol. The molecule has 0 bridgehead atoms. The van der Waals surface area contributed by atoms with Crippen LogP contribution in [-0.4, -0.2) is 29.5 Å². The molecule has 1 heterocycles. The molecule has 150 valence electrons. The van der Waals surface area contributed by atoms with Crippen molar-refractivity contribution >= 4 is 29.0 Å². The molecule has 0 radical (unpaired) electrons. The predicted octanol–water partition coefficient (Wildman–Crippen LogP) is 3.44. The second-order valence-corrected chi connectivity index (χ2v) is 7.09. The number of carbonyl (C=O) groups excluding carboxylic acids is 2. The largest absolute Gasteiger partial charge is 0.464 e. The van der Waals surface area contributed by atoms with Gasteiger partial charge in [-0.1, -0.05) is 23.7 Å². The Morgan fingerprint density at radius 1 is 1.25 bits per heavy atom. The van der Waals surface area contributed by atoms with Gasteiger partial charge >= 0.3 is 5.97 Å². The lowest BCUT2D eigenvalue weighted by Crippen LogP contribution is -2.37. The number of aromatic nitrogens is 1. The number of hydrogen-bond acceptors (Lipinski definition) is 5. The molecule has 0 amide bonds. The number of pyridine rings is 1. The molecule has 0 aliphatic heterocycles. The number of esters is 1. The second kappa shape index (κ2) is 9.55. The van der Waals surface area contributed by atoms with Crippen LogP contribution in [0.2, 0.25) is 5.02 Å². The van der Waals surface area contributed by atoms with E-state index >= 15 is 0 Å². The maximum atomic E-state index is 12.9.